The molecule has 1 atom stereocenters. The maximum Gasteiger partial charge on any atom is 0.433 e. The summed E-state index contributed by atoms with van der Waals surface area (Å²) >= 11 is 1.37. The largest absolute Gasteiger partial charge is 0.433 e. The van der Waals surface area contributed by atoms with E-state index >= 15 is 0 Å². The van der Waals surface area contributed by atoms with Crippen molar-refractivity contribution in [2.75, 3.05) is 0 Å². The summed E-state index contributed by atoms with van der Waals surface area (Å²) < 4.78 is 37.6. The van der Waals surface area contributed by atoms with Gasteiger partial charge in [-0.25, -0.2) is 4.98 Å². The van der Waals surface area contributed by atoms with Gasteiger partial charge in [-0.3, -0.25) is 9.78 Å². The number of hydrogen-bond donors (Lipinski definition) is 0. The van der Waals surface area contributed by atoms with Crippen LogP contribution in [0.2, 0.25) is 0 Å². The molecule has 0 bridgehead atoms. The molecule has 2 aromatic rings. The molecule has 0 fully saturated rings. The van der Waals surface area contributed by atoms with Crippen LogP contribution in [-0.4, -0.2) is 15.8 Å². The molecule has 2 rings (SSSR count). The van der Waals surface area contributed by atoms with E-state index in [4.69, 9.17) is 0 Å². The zero-order valence-electron chi connectivity index (χ0n) is 11.7. The van der Waals surface area contributed by atoms with E-state index in [1.807, 2.05) is 6.92 Å². The van der Waals surface area contributed by atoms with Crippen molar-refractivity contribution in [3.8, 4) is 0 Å². The molecule has 3 nitrogen and oxygen atoms in total. The Morgan fingerprint density at radius 3 is 2.33 bits per heavy atom. The predicted octanol–water partition coefficient (Wildman–Crippen LogP) is 3.89. The summed E-state index contributed by atoms with van der Waals surface area (Å²) in [6.45, 7) is 5.02. The number of aromatic nitrogens is 2. The van der Waals surface area contributed by atoms with Crippen LogP contribution in [0.4, 0.5) is 13.2 Å². The molecule has 112 valence electrons. The van der Waals surface area contributed by atoms with Crippen molar-refractivity contribution in [3.63, 3.8) is 0 Å². The van der Waals surface area contributed by atoms with E-state index in [9.17, 15) is 18.0 Å². The predicted molar refractivity (Wildman–Crippen MR) is 73.4 cm³/mol. The Bertz CT molecular complexity index is 662. The topological polar surface area (TPSA) is 42.9 Å². The van der Waals surface area contributed by atoms with Gasteiger partial charge in [-0.2, -0.15) is 13.2 Å². The Labute approximate surface area is 123 Å². The number of alkyl halides is 3. The van der Waals surface area contributed by atoms with Crippen LogP contribution in [0.1, 0.15) is 39.7 Å². The van der Waals surface area contributed by atoms with Crippen molar-refractivity contribution < 1.29 is 18.0 Å². The number of aryl methyl sites for hydroxylation is 2. The third-order valence-electron chi connectivity index (χ3n) is 3.02. The van der Waals surface area contributed by atoms with Gasteiger partial charge >= 0.3 is 6.18 Å². The van der Waals surface area contributed by atoms with E-state index in [-0.39, 0.29) is 5.78 Å². The first-order valence-corrected chi connectivity index (χ1v) is 6.99. The van der Waals surface area contributed by atoms with Gasteiger partial charge in [0, 0.05) is 11.1 Å². The lowest BCUT2D eigenvalue weighted by molar-refractivity contribution is -0.141. The first-order valence-electron chi connectivity index (χ1n) is 6.17. The number of nitrogens with zero attached hydrogens (tertiary/aromatic N) is 2. The van der Waals surface area contributed by atoms with Crippen LogP contribution in [0, 0.1) is 13.8 Å². The van der Waals surface area contributed by atoms with Crippen molar-refractivity contribution >= 4 is 17.1 Å². The molecule has 0 saturated carbocycles. The van der Waals surface area contributed by atoms with Gasteiger partial charge in [0.25, 0.3) is 0 Å². The summed E-state index contributed by atoms with van der Waals surface area (Å²) in [4.78, 5) is 20.4. The van der Waals surface area contributed by atoms with Gasteiger partial charge in [-0.05, 0) is 32.4 Å². The minimum Gasteiger partial charge on any atom is -0.299 e. The highest BCUT2D eigenvalue weighted by atomic mass is 32.1. The first-order chi connectivity index (χ1) is 9.70. The minimum absolute atomic E-state index is 0.150. The Hall–Kier alpha value is -1.76. The van der Waals surface area contributed by atoms with Gasteiger partial charge in [0.1, 0.15) is 11.5 Å². The van der Waals surface area contributed by atoms with E-state index in [1.165, 1.54) is 24.3 Å². The zero-order valence-corrected chi connectivity index (χ0v) is 12.5. The molecular weight excluding hydrogens is 301 g/mol. The van der Waals surface area contributed by atoms with Crippen molar-refractivity contribution in [1.29, 1.82) is 0 Å². The van der Waals surface area contributed by atoms with Crippen LogP contribution in [0.5, 0.6) is 0 Å². The molecule has 0 amide bonds. The standard InChI is InChI=1S/C14H13F3N2OS/c1-7-13(21-9(3)19-7)12(8(2)20)10-4-5-11(18-6-10)14(15,16)17/h4-6,12H,1-3H3. The van der Waals surface area contributed by atoms with Crippen LogP contribution in [0.15, 0.2) is 18.3 Å². The third kappa shape index (κ3) is 3.29. The smallest absolute Gasteiger partial charge is 0.299 e. The van der Waals surface area contributed by atoms with E-state index in [2.05, 4.69) is 9.97 Å². The van der Waals surface area contributed by atoms with Gasteiger partial charge < -0.3 is 0 Å². The van der Waals surface area contributed by atoms with E-state index in [1.54, 1.807) is 6.92 Å². The third-order valence-corrected chi connectivity index (χ3v) is 4.16. The highest BCUT2D eigenvalue weighted by Gasteiger charge is 2.33. The molecule has 0 N–H and O–H groups in total. The summed E-state index contributed by atoms with van der Waals surface area (Å²) in [6, 6.07) is 2.20. The summed E-state index contributed by atoms with van der Waals surface area (Å²) in [5, 5.41) is 0.814. The number of halogens is 3. The summed E-state index contributed by atoms with van der Waals surface area (Å²) in [5.41, 5.74) is 0.200. The molecule has 1 unspecified atom stereocenters. The molecule has 0 spiro atoms. The van der Waals surface area contributed by atoms with Gasteiger partial charge in [-0.15, -0.1) is 11.3 Å². The lowest BCUT2D eigenvalue weighted by Gasteiger charge is -2.14. The number of hydrogen-bond acceptors (Lipinski definition) is 4. The molecule has 2 heterocycles. The molecule has 21 heavy (non-hydrogen) atoms. The highest BCUT2D eigenvalue weighted by molar-refractivity contribution is 7.11. The molecule has 0 aromatic carbocycles. The average Bonchev–Trinajstić information content (AvgIpc) is 2.68. The first kappa shape index (κ1) is 15.6. The second-order valence-corrected chi connectivity index (χ2v) is 5.94. The Morgan fingerprint density at radius 1 is 1.29 bits per heavy atom. The maximum atomic E-state index is 12.5. The normalized spacial score (nSPS) is 13.2. The summed E-state index contributed by atoms with van der Waals surface area (Å²) in [5.74, 6) is -0.769. The molecule has 0 saturated heterocycles. The van der Waals surface area contributed by atoms with Crippen molar-refractivity contribution in [2.24, 2.45) is 0 Å². The van der Waals surface area contributed by atoms with Crippen LogP contribution < -0.4 is 0 Å². The van der Waals surface area contributed by atoms with Crippen LogP contribution in [0.25, 0.3) is 0 Å². The monoisotopic (exact) mass is 314 g/mol. The fourth-order valence-corrected chi connectivity index (χ4v) is 3.24. The molecule has 0 aliphatic carbocycles. The fourth-order valence-electron chi connectivity index (χ4n) is 2.13. The van der Waals surface area contributed by atoms with Crippen molar-refractivity contribution in [1.82, 2.24) is 9.97 Å². The molecule has 0 aliphatic heterocycles. The number of ketones is 1. The van der Waals surface area contributed by atoms with Gasteiger partial charge in [0.05, 0.1) is 16.6 Å². The van der Waals surface area contributed by atoms with Crippen molar-refractivity contribution in [2.45, 2.75) is 32.9 Å². The second kappa shape index (κ2) is 5.55. The summed E-state index contributed by atoms with van der Waals surface area (Å²) in [7, 11) is 0. The quantitative estimate of drug-likeness (QED) is 0.863. The number of pyridine rings is 1. The van der Waals surface area contributed by atoms with Crippen LogP contribution in [-0.2, 0) is 11.0 Å². The van der Waals surface area contributed by atoms with Crippen LogP contribution in [0.3, 0.4) is 0 Å². The highest BCUT2D eigenvalue weighted by Crippen LogP contribution is 2.34. The number of Topliss-reactive ketones (excluding diaryl/α,β-unsaturated/α-hetero) is 1. The van der Waals surface area contributed by atoms with E-state index in [0.717, 1.165) is 27.8 Å². The SMILES string of the molecule is CC(=O)C(c1ccc(C(F)(F)F)nc1)c1sc(C)nc1C. The fraction of sp³-hybridized carbons (Fsp3) is 0.357. The molecular formula is C14H13F3N2OS. The Kier molecular flexibility index (Phi) is 4.13. The van der Waals surface area contributed by atoms with Gasteiger partial charge in [0.2, 0.25) is 0 Å². The second-order valence-electron chi connectivity index (χ2n) is 4.70. The zero-order chi connectivity index (χ0) is 15.8. The number of carbonyl (C=O) groups is 1. The molecule has 0 aliphatic rings. The molecule has 7 heteroatoms. The van der Waals surface area contributed by atoms with Gasteiger partial charge in [0.15, 0.2) is 0 Å². The van der Waals surface area contributed by atoms with Crippen molar-refractivity contribution in [3.05, 3.63) is 45.2 Å². The average molecular weight is 314 g/mol. The number of carbonyl (C=O) groups excluding carboxylic acids is 1. The number of rotatable bonds is 3. The van der Waals surface area contributed by atoms with Gasteiger partial charge in [-0.1, -0.05) is 6.07 Å². The lowest BCUT2D eigenvalue weighted by Crippen LogP contribution is -2.13. The molecule has 2 aromatic heterocycles. The van der Waals surface area contributed by atoms with E-state index < -0.39 is 17.8 Å². The van der Waals surface area contributed by atoms with Crippen LogP contribution >= 0.6 is 11.3 Å². The summed E-state index contributed by atoms with van der Waals surface area (Å²) in [6.07, 6.45) is -3.37. The lowest BCUT2D eigenvalue weighted by atomic mass is 9.94. The Morgan fingerprint density at radius 2 is 1.95 bits per heavy atom. The minimum atomic E-state index is -4.48. The van der Waals surface area contributed by atoms with E-state index in [0.29, 0.717) is 5.56 Å². The maximum absolute atomic E-state index is 12.5. The molecule has 0 radical (unpaired) electrons. The number of thiazole rings is 1. The Balaban J connectivity index is 2.45.